The number of halogens is 1. The van der Waals surface area contributed by atoms with Crippen LogP contribution >= 0.6 is 24.0 Å². The lowest BCUT2D eigenvalue weighted by Crippen LogP contribution is -2.41. The highest BCUT2D eigenvalue weighted by atomic mass is 127. The Labute approximate surface area is 204 Å². The van der Waals surface area contributed by atoms with Crippen molar-refractivity contribution in [2.24, 2.45) is 10.9 Å². The molecule has 2 unspecified atom stereocenters. The molecule has 2 atom stereocenters. The van der Waals surface area contributed by atoms with Crippen molar-refractivity contribution in [1.82, 2.24) is 15.1 Å². The molecule has 2 aliphatic heterocycles. The predicted octanol–water partition coefficient (Wildman–Crippen LogP) is 3.13. The first kappa shape index (κ1) is 26.0. The van der Waals surface area contributed by atoms with Crippen LogP contribution in [0, 0.1) is 5.92 Å². The summed E-state index contributed by atoms with van der Waals surface area (Å²) >= 11 is 0. The molecule has 8 heteroatoms. The molecule has 1 aromatic rings. The smallest absolute Gasteiger partial charge is 0.194 e. The molecule has 176 valence electrons. The second kappa shape index (κ2) is 13.3. The number of nitrogens with zero attached hydrogens (tertiary/aromatic N) is 3. The normalized spacial score (nSPS) is 20.8. The van der Waals surface area contributed by atoms with Crippen LogP contribution in [0.3, 0.4) is 0 Å². The molecule has 2 saturated heterocycles. The Morgan fingerprint density at radius 3 is 2.65 bits per heavy atom. The number of piperidine rings is 1. The van der Waals surface area contributed by atoms with Crippen LogP contribution in [-0.4, -0.2) is 80.9 Å². The molecule has 0 aliphatic carbocycles. The minimum absolute atomic E-state index is 0. The first-order valence-electron chi connectivity index (χ1n) is 11.3. The molecule has 0 amide bonds. The van der Waals surface area contributed by atoms with Crippen LogP contribution in [0.25, 0.3) is 0 Å². The fourth-order valence-corrected chi connectivity index (χ4v) is 4.48. The molecule has 3 rings (SSSR count). The first-order valence-corrected chi connectivity index (χ1v) is 11.3. The summed E-state index contributed by atoms with van der Waals surface area (Å²) in [6, 6.07) is 5.46. The molecule has 1 aromatic carbocycles. The molecule has 7 nitrogen and oxygen atoms in total. The van der Waals surface area contributed by atoms with E-state index in [9.17, 15) is 5.11 Å². The molecule has 0 radical (unpaired) electrons. The molecule has 0 bridgehead atoms. The number of aliphatic hydroxyl groups is 1. The maximum atomic E-state index is 10.8. The number of aliphatic hydroxyl groups excluding tert-OH is 1. The average Bonchev–Trinajstić information content (AvgIpc) is 3.24. The van der Waals surface area contributed by atoms with Crippen LogP contribution in [-0.2, 0) is 0 Å². The third-order valence-electron chi connectivity index (χ3n) is 6.10. The van der Waals surface area contributed by atoms with E-state index in [-0.39, 0.29) is 30.5 Å². The molecule has 0 aromatic heterocycles. The van der Waals surface area contributed by atoms with Gasteiger partial charge in [0.1, 0.15) is 17.6 Å². The Bertz CT molecular complexity index is 697. The van der Waals surface area contributed by atoms with E-state index in [0.717, 1.165) is 25.6 Å². The van der Waals surface area contributed by atoms with E-state index in [1.165, 1.54) is 45.3 Å². The molecule has 2 heterocycles. The molecule has 2 fully saturated rings. The summed E-state index contributed by atoms with van der Waals surface area (Å²) in [4.78, 5) is 9.72. The molecule has 0 saturated carbocycles. The van der Waals surface area contributed by atoms with Gasteiger partial charge in [0.05, 0.1) is 20.8 Å². The summed E-state index contributed by atoms with van der Waals surface area (Å²) < 4.78 is 10.7. The Morgan fingerprint density at radius 1 is 1.19 bits per heavy atom. The highest BCUT2D eigenvalue weighted by Gasteiger charge is 2.27. The molecule has 2 N–H and O–H groups in total. The third kappa shape index (κ3) is 7.39. The fraction of sp³-hybridized carbons (Fsp3) is 0.696. The summed E-state index contributed by atoms with van der Waals surface area (Å²) in [5.74, 6) is 2.92. The highest BCUT2D eigenvalue weighted by molar-refractivity contribution is 14.0. The predicted molar refractivity (Wildman–Crippen MR) is 136 cm³/mol. The van der Waals surface area contributed by atoms with Gasteiger partial charge in [-0.2, -0.15) is 0 Å². The van der Waals surface area contributed by atoms with E-state index in [2.05, 4.69) is 22.0 Å². The Morgan fingerprint density at radius 2 is 1.97 bits per heavy atom. The average molecular weight is 546 g/mol. The lowest BCUT2D eigenvalue weighted by molar-refractivity contribution is 0.181. The van der Waals surface area contributed by atoms with Gasteiger partial charge in [0.25, 0.3) is 0 Å². The van der Waals surface area contributed by atoms with E-state index >= 15 is 0 Å². The zero-order chi connectivity index (χ0) is 21.3. The maximum Gasteiger partial charge on any atom is 0.194 e. The molecule has 31 heavy (non-hydrogen) atoms. The minimum atomic E-state index is -0.754. The number of guanidine groups is 1. The maximum absolute atomic E-state index is 10.8. The second-order valence-electron chi connectivity index (χ2n) is 8.28. The number of hydrogen-bond donors (Lipinski definition) is 2. The lowest BCUT2D eigenvalue weighted by Gasteiger charge is -2.29. The number of methoxy groups -OCH3 is 2. The van der Waals surface area contributed by atoms with Gasteiger partial charge in [-0.05, 0) is 63.4 Å². The van der Waals surface area contributed by atoms with Gasteiger partial charge in [0, 0.05) is 31.7 Å². The van der Waals surface area contributed by atoms with Gasteiger partial charge in [-0.15, -0.1) is 24.0 Å². The minimum Gasteiger partial charge on any atom is -0.497 e. The summed E-state index contributed by atoms with van der Waals surface area (Å²) in [5, 5.41) is 14.2. The van der Waals surface area contributed by atoms with E-state index in [1.807, 2.05) is 18.2 Å². The van der Waals surface area contributed by atoms with E-state index in [4.69, 9.17) is 14.5 Å². The van der Waals surface area contributed by atoms with Gasteiger partial charge in [0.15, 0.2) is 5.96 Å². The summed E-state index contributed by atoms with van der Waals surface area (Å²) in [5.41, 5.74) is 0.695. The number of hydrogen-bond acceptors (Lipinski definition) is 5. The van der Waals surface area contributed by atoms with Crippen molar-refractivity contribution < 1.29 is 14.6 Å². The third-order valence-corrected chi connectivity index (χ3v) is 6.10. The molecule has 2 aliphatic rings. The number of aliphatic imine (C=N–C) groups is 1. The summed E-state index contributed by atoms with van der Waals surface area (Å²) in [7, 11) is 3.23. The van der Waals surface area contributed by atoms with Crippen molar-refractivity contribution in [3.8, 4) is 11.5 Å². The Hall–Kier alpha value is -1.26. The number of ether oxygens (including phenoxy) is 2. The van der Waals surface area contributed by atoms with Gasteiger partial charge in [0.2, 0.25) is 0 Å². The zero-order valence-corrected chi connectivity index (χ0v) is 21.5. The van der Waals surface area contributed by atoms with Gasteiger partial charge >= 0.3 is 0 Å². The van der Waals surface area contributed by atoms with Gasteiger partial charge in [-0.3, -0.25) is 4.99 Å². The fourth-order valence-electron chi connectivity index (χ4n) is 4.48. The molecular weight excluding hydrogens is 507 g/mol. The van der Waals surface area contributed by atoms with Crippen molar-refractivity contribution >= 4 is 29.9 Å². The Balaban J connectivity index is 0.00000341. The monoisotopic (exact) mass is 546 g/mol. The summed E-state index contributed by atoms with van der Waals surface area (Å²) in [6.45, 7) is 8.91. The quantitative estimate of drug-likeness (QED) is 0.297. The van der Waals surface area contributed by atoms with Crippen LogP contribution < -0.4 is 14.8 Å². The largest absolute Gasteiger partial charge is 0.497 e. The number of benzene rings is 1. The van der Waals surface area contributed by atoms with Crippen LogP contribution in [0.1, 0.15) is 44.3 Å². The number of rotatable bonds is 8. The van der Waals surface area contributed by atoms with E-state index in [1.54, 1.807) is 14.2 Å². The van der Waals surface area contributed by atoms with Crippen molar-refractivity contribution in [1.29, 1.82) is 0 Å². The SMILES string of the molecule is CCNC(=NCC(O)c1cc(OC)ccc1OC)N1CCC(CN2CCCCC2)C1.I. The second-order valence-corrected chi connectivity index (χ2v) is 8.28. The van der Waals surface area contributed by atoms with Crippen molar-refractivity contribution in [2.45, 2.75) is 38.7 Å². The van der Waals surface area contributed by atoms with Gasteiger partial charge in [-0.1, -0.05) is 6.42 Å². The number of nitrogens with one attached hydrogen (secondary N) is 1. The van der Waals surface area contributed by atoms with Gasteiger partial charge < -0.3 is 29.7 Å². The van der Waals surface area contributed by atoms with Crippen LogP contribution in [0.4, 0.5) is 0 Å². The van der Waals surface area contributed by atoms with Crippen LogP contribution in [0.15, 0.2) is 23.2 Å². The summed E-state index contributed by atoms with van der Waals surface area (Å²) in [6.07, 6.45) is 4.51. The van der Waals surface area contributed by atoms with E-state index < -0.39 is 6.10 Å². The first-order chi connectivity index (χ1) is 14.6. The Kier molecular flexibility index (Phi) is 11.2. The van der Waals surface area contributed by atoms with Crippen LogP contribution in [0.5, 0.6) is 11.5 Å². The molecule has 0 spiro atoms. The standard InChI is InChI=1S/C23H38N4O3.HI/c1-4-24-23(27-13-10-18(17-27)16-26-11-6-5-7-12-26)25-15-21(28)20-14-19(29-2)8-9-22(20)30-3;/h8-9,14,18,21,28H,4-7,10-13,15-17H2,1-3H3,(H,24,25);1H. The van der Waals surface area contributed by atoms with Crippen molar-refractivity contribution in [2.75, 3.05) is 60.0 Å². The van der Waals surface area contributed by atoms with Crippen LogP contribution in [0.2, 0.25) is 0 Å². The van der Waals surface area contributed by atoms with Crippen molar-refractivity contribution in [3.05, 3.63) is 23.8 Å². The zero-order valence-electron chi connectivity index (χ0n) is 19.2. The lowest BCUT2D eigenvalue weighted by atomic mass is 10.1. The van der Waals surface area contributed by atoms with Gasteiger partial charge in [-0.25, -0.2) is 0 Å². The van der Waals surface area contributed by atoms with Crippen molar-refractivity contribution in [3.63, 3.8) is 0 Å². The molecular formula is C23H39IN4O3. The number of likely N-dealkylation sites (tertiary alicyclic amines) is 2. The highest BCUT2D eigenvalue weighted by Crippen LogP contribution is 2.29. The van der Waals surface area contributed by atoms with E-state index in [0.29, 0.717) is 23.0 Å². The topological polar surface area (TPSA) is 69.6 Å².